The standard InChI is InChI=1S/C19H25N3O4S.ClH/c1-26-19(25)12-7-9-27-18(12)22-8-6-14(17(22)24)21-16(23)15-10-11-4-2-3-5-13(11)20-15;/h7,9,11,13-15,20H,2-6,8,10H2,1H3,(H,21,23);1H. The van der Waals surface area contributed by atoms with Crippen LogP contribution < -0.4 is 15.5 Å². The first-order chi connectivity index (χ1) is 13.1. The quantitative estimate of drug-likeness (QED) is 0.718. The molecule has 0 bridgehead atoms. The van der Waals surface area contributed by atoms with Gasteiger partial charge in [0, 0.05) is 12.6 Å². The van der Waals surface area contributed by atoms with Gasteiger partial charge in [0.05, 0.1) is 18.7 Å². The summed E-state index contributed by atoms with van der Waals surface area (Å²) in [5.41, 5.74) is 0.393. The molecule has 2 aliphatic heterocycles. The minimum Gasteiger partial charge on any atom is -0.465 e. The monoisotopic (exact) mass is 427 g/mol. The molecule has 28 heavy (non-hydrogen) atoms. The van der Waals surface area contributed by atoms with Crippen LogP contribution in [0.3, 0.4) is 0 Å². The molecule has 2 amide bonds. The first-order valence-corrected chi connectivity index (χ1v) is 10.5. The maximum absolute atomic E-state index is 12.8. The summed E-state index contributed by atoms with van der Waals surface area (Å²) in [4.78, 5) is 39.0. The van der Waals surface area contributed by atoms with Crippen molar-refractivity contribution in [3.8, 4) is 0 Å². The van der Waals surface area contributed by atoms with Gasteiger partial charge in [-0.05, 0) is 43.0 Å². The number of rotatable bonds is 4. The third-order valence-corrected chi connectivity index (χ3v) is 6.93. The Morgan fingerprint density at radius 3 is 2.82 bits per heavy atom. The molecule has 1 aromatic rings. The Hall–Kier alpha value is -1.64. The summed E-state index contributed by atoms with van der Waals surface area (Å²) >= 11 is 1.33. The highest BCUT2D eigenvalue weighted by atomic mass is 35.5. The molecule has 7 nitrogen and oxygen atoms in total. The van der Waals surface area contributed by atoms with E-state index in [2.05, 4.69) is 10.6 Å². The number of esters is 1. The Labute approximate surface area is 174 Å². The predicted octanol–water partition coefficient (Wildman–Crippen LogP) is 2.10. The Balaban J connectivity index is 0.00000225. The zero-order valence-corrected chi connectivity index (χ0v) is 17.4. The lowest BCUT2D eigenvalue weighted by Crippen LogP contribution is -2.49. The van der Waals surface area contributed by atoms with Crippen LogP contribution in [0.5, 0.6) is 0 Å². The van der Waals surface area contributed by atoms with Crippen LogP contribution in [-0.4, -0.2) is 49.6 Å². The van der Waals surface area contributed by atoms with E-state index in [0.717, 1.165) is 12.8 Å². The fourth-order valence-corrected chi connectivity index (χ4v) is 5.50. The van der Waals surface area contributed by atoms with Crippen molar-refractivity contribution in [2.45, 2.75) is 56.7 Å². The van der Waals surface area contributed by atoms with Gasteiger partial charge < -0.3 is 20.3 Å². The molecule has 1 aliphatic carbocycles. The number of methoxy groups -OCH3 is 1. The molecule has 2 N–H and O–H groups in total. The zero-order chi connectivity index (χ0) is 19.0. The second-order valence-corrected chi connectivity index (χ2v) is 8.47. The number of thiophene rings is 1. The van der Waals surface area contributed by atoms with Crippen LogP contribution in [0.15, 0.2) is 11.4 Å². The number of halogens is 1. The smallest absolute Gasteiger partial charge is 0.340 e. The van der Waals surface area contributed by atoms with Gasteiger partial charge in [0.15, 0.2) is 0 Å². The minimum absolute atomic E-state index is 0. The van der Waals surface area contributed by atoms with Crippen molar-refractivity contribution < 1.29 is 19.1 Å². The van der Waals surface area contributed by atoms with Gasteiger partial charge in [-0.15, -0.1) is 23.7 Å². The van der Waals surface area contributed by atoms with Crippen molar-refractivity contribution in [3.63, 3.8) is 0 Å². The van der Waals surface area contributed by atoms with Gasteiger partial charge in [0.25, 0.3) is 0 Å². The third-order valence-electron chi connectivity index (χ3n) is 6.00. The van der Waals surface area contributed by atoms with E-state index in [9.17, 15) is 14.4 Å². The molecule has 4 unspecified atom stereocenters. The molecule has 4 atom stereocenters. The predicted molar refractivity (Wildman–Crippen MR) is 109 cm³/mol. The van der Waals surface area contributed by atoms with E-state index in [1.165, 1.54) is 37.7 Å². The second kappa shape index (κ2) is 8.80. The van der Waals surface area contributed by atoms with Gasteiger partial charge in [-0.3, -0.25) is 9.59 Å². The molecular formula is C19H26ClN3O4S. The Bertz CT molecular complexity index is 741. The molecule has 0 aromatic carbocycles. The van der Waals surface area contributed by atoms with Gasteiger partial charge >= 0.3 is 5.97 Å². The number of hydrogen-bond acceptors (Lipinski definition) is 6. The highest BCUT2D eigenvalue weighted by Crippen LogP contribution is 2.34. The second-order valence-electron chi connectivity index (χ2n) is 7.58. The molecule has 1 aromatic heterocycles. The molecule has 3 heterocycles. The first kappa shape index (κ1) is 21.1. The van der Waals surface area contributed by atoms with Gasteiger partial charge in [0.1, 0.15) is 11.0 Å². The molecule has 0 spiro atoms. The number of nitrogens with zero attached hydrogens (tertiary/aromatic N) is 1. The summed E-state index contributed by atoms with van der Waals surface area (Å²) in [6.45, 7) is 0.484. The third kappa shape index (κ3) is 3.90. The van der Waals surface area contributed by atoms with Crippen LogP contribution >= 0.6 is 23.7 Å². The van der Waals surface area contributed by atoms with Gasteiger partial charge in [-0.2, -0.15) is 0 Å². The number of hydrogen-bond donors (Lipinski definition) is 2. The van der Waals surface area contributed by atoms with Crippen molar-refractivity contribution in [3.05, 3.63) is 17.0 Å². The molecule has 9 heteroatoms. The summed E-state index contributed by atoms with van der Waals surface area (Å²) in [7, 11) is 1.32. The zero-order valence-electron chi connectivity index (χ0n) is 15.8. The summed E-state index contributed by atoms with van der Waals surface area (Å²) in [5.74, 6) is -0.112. The SMILES string of the molecule is COC(=O)c1ccsc1N1CCC(NC(=O)C2CC3CCCCC3N2)C1=O.Cl. The maximum atomic E-state index is 12.8. The number of carbonyl (C=O) groups excluding carboxylic acids is 3. The highest BCUT2D eigenvalue weighted by molar-refractivity contribution is 7.14. The molecule has 0 radical (unpaired) electrons. The minimum atomic E-state index is -0.533. The largest absolute Gasteiger partial charge is 0.465 e. The van der Waals surface area contributed by atoms with E-state index in [1.54, 1.807) is 16.3 Å². The van der Waals surface area contributed by atoms with Crippen molar-refractivity contribution in [2.24, 2.45) is 5.92 Å². The lowest BCUT2D eigenvalue weighted by Gasteiger charge is -2.24. The van der Waals surface area contributed by atoms with Crippen molar-refractivity contribution in [2.75, 3.05) is 18.6 Å². The normalized spacial score (nSPS) is 29.2. The van der Waals surface area contributed by atoms with Crippen molar-refractivity contribution in [1.29, 1.82) is 0 Å². The van der Waals surface area contributed by atoms with Crippen molar-refractivity contribution in [1.82, 2.24) is 10.6 Å². The Morgan fingerprint density at radius 1 is 1.29 bits per heavy atom. The van der Waals surface area contributed by atoms with Crippen LogP contribution in [0, 0.1) is 5.92 Å². The number of amides is 2. The van der Waals surface area contributed by atoms with Crippen LogP contribution in [0.4, 0.5) is 5.00 Å². The first-order valence-electron chi connectivity index (χ1n) is 9.62. The highest BCUT2D eigenvalue weighted by Gasteiger charge is 2.41. The van der Waals surface area contributed by atoms with E-state index in [0.29, 0.717) is 35.5 Å². The van der Waals surface area contributed by atoms with Gasteiger partial charge in [-0.25, -0.2) is 4.79 Å². The summed E-state index contributed by atoms with van der Waals surface area (Å²) in [5, 5.41) is 8.75. The molecule has 154 valence electrons. The van der Waals surface area contributed by atoms with E-state index >= 15 is 0 Å². The van der Waals surface area contributed by atoms with E-state index < -0.39 is 12.0 Å². The Kier molecular flexibility index (Phi) is 6.62. The van der Waals surface area contributed by atoms with E-state index in [4.69, 9.17) is 4.74 Å². The van der Waals surface area contributed by atoms with Crippen LogP contribution in [0.2, 0.25) is 0 Å². The molecule has 4 rings (SSSR count). The fraction of sp³-hybridized carbons (Fsp3) is 0.632. The van der Waals surface area contributed by atoms with Crippen LogP contribution in [-0.2, 0) is 14.3 Å². The summed E-state index contributed by atoms with van der Waals surface area (Å²) < 4.78 is 4.79. The van der Waals surface area contributed by atoms with Gasteiger partial charge in [0.2, 0.25) is 11.8 Å². The number of carbonyl (C=O) groups is 3. The molecule has 1 saturated carbocycles. The topological polar surface area (TPSA) is 87.7 Å². The van der Waals surface area contributed by atoms with Crippen LogP contribution in [0.25, 0.3) is 0 Å². The number of anilines is 1. The van der Waals surface area contributed by atoms with Crippen LogP contribution in [0.1, 0.15) is 48.9 Å². The lowest BCUT2D eigenvalue weighted by molar-refractivity contribution is -0.127. The van der Waals surface area contributed by atoms with E-state index in [1.807, 2.05) is 0 Å². The summed E-state index contributed by atoms with van der Waals surface area (Å²) in [6, 6.07) is 1.37. The number of nitrogens with one attached hydrogen (secondary N) is 2. The Morgan fingerprint density at radius 2 is 2.07 bits per heavy atom. The number of ether oxygens (including phenoxy) is 1. The molecular weight excluding hydrogens is 402 g/mol. The molecule has 2 saturated heterocycles. The average Bonchev–Trinajstić information content (AvgIpc) is 3.39. The average molecular weight is 428 g/mol. The fourth-order valence-electron chi connectivity index (χ4n) is 4.58. The lowest BCUT2D eigenvalue weighted by atomic mass is 9.85. The number of fused-ring (bicyclic) bond motifs is 1. The van der Waals surface area contributed by atoms with Crippen molar-refractivity contribution >= 4 is 46.5 Å². The summed E-state index contributed by atoms with van der Waals surface area (Å²) in [6.07, 6.45) is 6.20. The molecule has 3 aliphatic rings. The molecule has 3 fully saturated rings. The van der Waals surface area contributed by atoms with E-state index in [-0.39, 0.29) is 30.3 Å². The van der Waals surface area contributed by atoms with Gasteiger partial charge in [-0.1, -0.05) is 12.8 Å². The maximum Gasteiger partial charge on any atom is 0.340 e.